The molecule has 0 spiro atoms. The molecular weight excluding hydrogens is 354 g/mol. The number of hydrogen-bond acceptors (Lipinski definition) is 6. The molecule has 9 heteroatoms. The van der Waals surface area contributed by atoms with Crippen LogP contribution in [0.1, 0.15) is 32.4 Å². The molecular formula is C18H23N3O6. The summed E-state index contributed by atoms with van der Waals surface area (Å²) in [5.74, 6) is -0.561. The minimum absolute atomic E-state index is 0.0717. The molecule has 0 bridgehead atoms. The van der Waals surface area contributed by atoms with Crippen LogP contribution in [0.2, 0.25) is 0 Å². The van der Waals surface area contributed by atoms with E-state index in [1.807, 2.05) is 6.92 Å². The van der Waals surface area contributed by atoms with Crippen LogP contribution in [0.15, 0.2) is 35.5 Å². The fourth-order valence-electron chi connectivity index (χ4n) is 2.88. The molecule has 1 aliphatic rings. The zero-order valence-corrected chi connectivity index (χ0v) is 15.6. The molecule has 1 N–H and O–H groups in total. The maximum atomic E-state index is 12.7. The van der Waals surface area contributed by atoms with E-state index in [0.29, 0.717) is 30.0 Å². The molecule has 0 unspecified atom stereocenters. The maximum Gasteiger partial charge on any atom is 0.338 e. The maximum absolute atomic E-state index is 12.7. The highest BCUT2D eigenvalue weighted by atomic mass is 16.6. The topological polar surface area (TPSA) is 111 Å². The van der Waals surface area contributed by atoms with Gasteiger partial charge >= 0.3 is 12.0 Å². The first-order valence-electron chi connectivity index (χ1n) is 8.68. The van der Waals surface area contributed by atoms with Gasteiger partial charge in [0.05, 0.1) is 23.1 Å². The summed E-state index contributed by atoms with van der Waals surface area (Å²) < 4.78 is 10.5. The lowest BCUT2D eigenvalue weighted by Gasteiger charge is -2.34. The number of nitro benzene ring substituents is 1. The Kier molecular flexibility index (Phi) is 6.89. The third-order valence-corrected chi connectivity index (χ3v) is 4.23. The van der Waals surface area contributed by atoms with Gasteiger partial charge in [-0.05, 0) is 38.5 Å². The molecule has 0 aromatic heterocycles. The lowest BCUT2D eigenvalue weighted by Crippen LogP contribution is -2.47. The van der Waals surface area contributed by atoms with Crippen molar-refractivity contribution in [1.29, 1.82) is 0 Å². The largest absolute Gasteiger partial charge is 0.460 e. The highest BCUT2D eigenvalue weighted by Crippen LogP contribution is 2.32. The van der Waals surface area contributed by atoms with Crippen LogP contribution in [0.25, 0.3) is 0 Å². The summed E-state index contributed by atoms with van der Waals surface area (Å²) in [7, 11) is 0. The Morgan fingerprint density at radius 2 is 1.93 bits per heavy atom. The molecule has 1 aliphatic heterocycles. The van der Waals surface area contributed by atoms with Gasteiger partial charge in [0.1, 0.15) is 6.61 Å². The lowest BCUT2D eigenvalue weighted by atomic mass is 9.94. The monoisotopic (exact) mass is 377 g/mol. The van der Waals surface area contributed by atoms with Crippen molar-refractivity contribution in [3.05, 3.63) is 51.2 Å². The van der Waals surface area contributed by atoms with E-state index in [1.54, 1.807) is 13.8 Å². The SMILES string of the molecule is CCOCCOC(=O)C1=C(C)N(CC)C(=O)N[C@@H]1c1ccc([N+](=O)[O-])cc1. The van der Waals surface area contributed by atoms with Gasteiger partial charge < -0.3 is 14.8 Å². The number of urea groups is 1. The number of esters is 1. The third kappa shape index (κ3) is 4.62. The van der Waals surface area contributed by atoms with E-state index in [2.05, 4.69) is 5.32 Å². The Labute approximate surface area is 157 Å². The molecule has 146 valence electrons. The standard InChI is InChI=1S/C18H23N3O6/c1-4-20-12(3)15(17(22)27-11-10-26-5-2)16(19-18(20)23)13-6-8-14(9-7-13)21(24)25/h6-9,16H,4-5,10-11H2,1-3H3,(H,19,23)/t16-/m1/s1. The number of allylic oxidation sites excluding steroid dienone is 1. The van der Waals surface area contributed by atoms with Crippen molar-refractivity contribution < 1.29 is 24.0 Å². The van der Waals surface area contributed by atoms with E-state index in [-0.39, 0.29) is 24.9 Å². The van der Waals surface area contributed by atoms with Crippen LogP contribution in [0, 0.1) is 10.1 Å². The Morgan fingerprint density at radius 3 is 2.48 bits per heavy atom. The van der Waals surface area contributed by atoms with Crippen LogP contribution < -0.4 is 5.32 Å². The third-order valence-electron chi connectivity index (χ3n) is 4.23. The Morgan fingerprint density at radius 1 is 1.26 bits per heavy atom. The molecule has 2 rings (SSSR count). The number of amides is 2. The zero-order chi connectivity index (χ0) is 20.0. The first-order chi connectivity index (χ1) is 12.9. The summed E-state index contributed by atoms with van der Waals surface area (Å²) in [6, 6.07) is 4.61. The summed E-state index contributed by atoms with van der Waals surface area (Å²) in [6.45, 7) is 6.60. The van der Waals surface area contributed by atoms with Crippen molar-refractivity contribution in [2.75, 3.05) is 26.4 Å². The van der Waals surface area contributed by atoms with Gasteiger partial charge in [0, 0.05) is 31.0 Å². The summed E-state index contributed by atoms with van der Waals surface area (Å²) in [5.41, 5.74) is 1.27. The van der Waals surface area contributed by atoms with Crippen LogP contribution in [-0.2, 0) is 14.3 Å². The molecule has 0 radical (unpaired) electrons. The van der Waals surface area contributed by atoms with Crippen LogP contribution in [0.5, 0.6) is 0 Å². The van der Waals surface area contributed by atoms with E-state index < -0.39 is 16.9 Å². The van der Waals surface area contributed by atoms with Gasteiger partial charge in [-0.1, -0.05) is 0 Å². The highest BCUT2D eigenvalue weighted by molar-refractivity contribution is 5.95. The van der Waals surface area contributed by atoms with Crippen molar-refractivity contribution in [2.45, 2.75) is 26.8 Å². The molecule has 2 amide bonds. The molecule has 1 aromatic carbocycles. The number of nitrogens with zero attached hydrogens (tertiary/aromatic N) is 2. The van der Waals surface area contributed by atoms with Crippen molar-refractivity contribution in [3.63, 3.8) is 0 Å². The smallest absolute Gasteiger partial charge is 0.338 e. The number of rotatable bonds is 8. The predicted molar refractivity (Wildman–Crippen MR) is 96.9 cm³/mol. The molecule has 1 heterocycles. The van der Waals surface area contributed by atoms with E-state index >= 15 is 0 Å². The number of carbonyl (C=O) groups excluding carboxylic acids is 2. The first kappa shape index (κ1) is 20.4. The number of hydrogen-bond donors (Lipinski definition) is 1. The second-order valence-corrected chi connectivity index (χ2v) is 5.81. The number of nitro groups is 1. The predicted octanol–water partition coefficient (Wildman–Crippen LogP) is 2.53. The molecule has 27 heavy (non-hydrogen) atoms. The highest BCUT2D eigenvalue weighted by Gasteiger charge is 2.36. The van der Waals surface area contributed by atoms with Crippen LogP contribution in [0.3, 0.4) is 0 Å². The van der Waals surface area contributed by atoms with Crippen molar-refractivity contribution in [2.24, 2.45) is 0 Å². The van der Waals surface area contributed by atoms with Crippen LogP contribution in [-0.4, -0.2) is 48.2 Å². The minimum atomic E-state index is -0.749. The summed E-state index contributed by atoms with van der Waals surface area (Å²) in [4.78, 5) is 36.8. The fraction of sp³-hybridized carbons (Fsp3) is 0.444. The normalized spacial score (nSPS) is 16.9. The minimum Gasteiger partial charge on any atom is -0.460 e. The number of carbonyl (C=O) groups is 2. The molecule has 0 saturated carbocycles. The quantitative estimate of drug-likeness (QED) is 0.322. The van der Waals surface area contributed by atoms with Gasteiger partial charge in [0.15, 0.2) is 0 Å². The molecule has 9 nitrogen and oxygen atoms in total. The van der Waals surface area contributed by atoms with Gasteiger partial charge in [-0.25, -0.2) is 9.59 Å². The average molecular weight is 377 g/mol. The Hall–Kier alpha value is -2.94. The van der Waals surface area contributed by atoms with E-state index in [1.165, 1.54) is 29.2 Å². The lowest BCUT2D eigenvalue weighted by molar-refractivity contribution is -0.384. The molecule has 1 aromatic rings. The van der Waals surface area contributed by atoms with E-state index in [9.17, 15) is 19.7 Å². The number of non-ortho nitro benzene ring substituents is 1. The van der Waals surface area contributed by atoms with Gasteiger partial charge in [-0.3, -0.25) is 15.0 Å². The summed E-state index contributed by atoms with van der Waals surface area (Å²) in [6.07, 6.45) is 0. The summed E-state index contributed by atoms with van der Waals surface area (Å²) >= 11 is 0. The van der Waals surface area contributed by atoms with Crippen molar-refractivity contribution in [3.8, 4) is 0 Å². The second kappa shape index (κ2) is 9.13. The van der Waals surface area contributed by atoms with Crippen LogP contribution >= 0.6 is 0 Å². The van der Waals surface area contributed by atoms with Gasteiger partial charge in [-0.2, -0.15) is 0 Å². The van der Waals surface area contributed by atoms with Crippen LogP contribution in [0.4, 0.5) is 10.5 Å². The average Bonchev–Trinajstić information content (AvgIpc) is 2.65. The fourth-order valence-corrected chi connectivity index (χ4v) is 2.88. The first-order valence-corrected chi connectivity index (χ1v) is 8.68. The number of benzene rings is 1. The Balaban J connectivity index is 2.34. The van der Waals surface area contributed by atoms with Gasteiger partial charge in [-0.15, -0.1) is 0 Å². The Bertz CT molecular complexity index is 744. The van der Waals surface area contributed by atoms with Crippen molar-refractivity contribution >= 4 is 17.7 Å². The molecule has 1 atom stereocenters. The second-order valence-electron chi connectivity index (χ2n) is 5.81. The zero-order valence-electron chi connectivity index (χ0n) is 15.6. The number of nitrogens with one attached hydrogen (secondary N) is 1. The summed E-state index contributed by atoms with van der Waals surface area (Å²) in [5, 5.41) is 13.6. The van der Waals surface area contributed by atoms with E-state index in [0.717, 1.165) is 0 Å². The van der Waals surface area contributed by atoms with Gasteiger partial charge in [0.2, 0.25) is 0 Å². The van der Waals surface area contributed by atoms with Gasteiger partial charge in [0.25, 0.3) is 5.69 Å². The van der Waals surface area contributed by atoms with Crippen molar-refractivity contribution in [1.82, 2.24) is 10.2 Å². The molecule has 0 saturated heterocycles. The number of ether oxygens (including phenoxy) is 2. The molecule has 0 fully saturated rings. The molecule has 0 aliphatic carbocycles. The van der Waals surface area contributed by atoms with E-state index in [4.69, 9.17) is 9.47 Å².